The van der Waals surface area contributed by atoms with Gasteiger partial charge in [0.2, 0.25) is 5.78 Å². The van der Waals surface area contributed by atoms with Crippen LogP contribution in [0.5, 0.6) is 11.5 Å². The Hall–Kier alpha value is -3.45. The molecule has 0 spiro atoms. The van der Waals surface area contributed by atoms with Crippen molar-refractivity contribution in [2.75, 3.05) is 38.8 Å². The first-order valence-electron chi connectivity index (χ1n) is 10.2. The van der Waals surface area contributed by atoms with Crippen LogP contribution in [0.4, 0.5) is 5.82 Å². The first-order valence-corrected chi connectivity index (χ1v) is 10.2. The predicted molar refractivity (Wildman–Crippen MR) is 121 cm³/mol. The molecule has 1 fully saturated rings. The third-order valence-electron chi connectivity index (χ3n) is 5.53. The van der Waals surface area contributed by atoms with Crippen LogP contribution in [0.3, 0.4) is 0 Å². The average molecular weight is 421 g/mol. The number of anilines is 1. The van der Waals surface area contributed by atoms with Crippen molar-refractivity contribution < 1.29 is 15.7 Å². The molecule has 1 aliphatic rings. The molecule has 0 amide bonds. The fourth-order valence-electron chi connectivity index (χ4n) is 3.87. The molecule has 1 saturated heterocycles. The summed E-state index contributed by atoms with van der Waals surface area (Å²) in [4.78, 5) is 24.1. The molecule has 1 aliphatic heterocycles. The van der Waals surface area contributed by atoms with Crippen molar-refractivity contribution in [2.45, 2.75) is 13.0 Å². The highest BCUT2D eigenvalue weighted by Gasteiger charge is 2.25. The van der Waals surface area contributed by atoms with Crippen LogP contribution in [-0.2, 0) is 0 Å². The average Bonchev–Trinajstić information content (AvgIpc) is 2.83. The predicted octanol–water partition coefficient (Wildman–Crippen LogP) is 3.43. The second-order valence-electron chi connectivity index (χ2n) is 7.41. The number of hydrogen-bond donors (Lipinski definition) is 1. The second-order valence-corrected chi connectivity index (χ2v) is 7.41. The molecule has 162 valence electrons. The number of hydrogen-bond acceptors (Lipinski definition) is 7. The molecule has 1 N–H and O–H groups in total. The monoisotopic (exact) mass is 420 g/mol. The maximum Gasteiger partial charge on any atom is 0.213 e. The van der Waals surface area contributed by atoms with E-state index in [9.17, 15) is 4.79 Å². The van der Waals surface area contributed by atoms with Crippen LogP contribution in [0.1, 0.15) is 34.8 Å². The van der Waals surface area contributed by atoms with Gasteiger partial charge in [-0.15, -0.1) is 0 Å². The zero-order chi connectivity index (χ0) is 21.8. The first-order chi connectivity index (χ1) is 15.1. The Morgan fingerprint density at radius 1 is 1.16 bits per heavy atom. The Morgan fingerprint density at radius 2 is 2.03 bits per heavy atom. The number of benzene rings is 1. The summed E-state index contributed by atoms with van der Waals surface area (Å²) in [5, 5.41) is 3.55. The summed E-state index contributed by atoms with van der Waals surface area (Å²) >= 11 is 0. The van der Waals surface area contributed by atoms with Crippen molar-refractivity contribution in [3.63, 3.8) is 0 Å². The number of aromatic nitrogens is 2. The number of aryl methyl sites for hydroxylation is 1. The van der Waals surface area contributed by atoms with Crippen molar-refractivity contribution in [3.8, 4) is 11.5 Å². The fourth-order valence-corrected chi connectivity index (χ4v) is 3.87. The molecule has 4 rings (SSSR count). The Kier molecular flexibility index (Phi) is 6.13. The highest BCUT2D eigenvalue weighted by atomic mass is 16.5. The van der Waals surface area contributed by atoms with Crippen LogP contribution in [0.15, 0.2) is 54.7 Å². The van der Waals surface area contributed by atoms with Crippen LogP contribution in [0.25, 0.3) is 0 Å². The highest BCUT2D eigenvalue weighted by Crippen LogP contribution is 2.31. The number of nitrogens with zero attached hydrogens (tertiary/aromatic N) is 3. The molecule has 3 heterocycles. The number of piperazine rings is 1. The van der Waals surface area contributed by atoms with E-state index in [1.54, 1.807) is 38.6 Å². The maximum atomic E-state index is 13.0. The van der Waals surface area contributed by atoms with Crippen molar-refractivity contribution in [3.05, 3.63) is 77.2 Å². The number of pyridine rings is 2. The number of ether oxygens (including phenoxy) is 2. The minimum atomic E-state index is -0.117. The van der Waals surface area contributed by atoms with Gasteiger partial charge in [0.05, 0.1) is 20.3 Å². The van der Waals surface area contributed by atoms with Gasteiger partial charge in [-0.2, -0.15) is 0 Å². The summed E-state index contributed by atoms with van der Waals surface area (Å²) < 4.78 is 11.0. The maximum absolute atomic E-state index is 13.0. The van der Waals surface area contributed by atoms with Crippen LogP contribution < -0.4 is 19.7 Å². The lowest BCUT2D eigenvalue weighted by molar-refractivity contribution is 0.103. The van der Waals surface area contributed by atoms with Crippen LogP contribution in [-0.4, -0.2) is 49.6 Å². The lowest BCUT2D eigenvalue weighted by Crippen LogP contribution is -2.46. The molecule has 3 aromatic rings. The van der Waals surface area contributed by atoms with Crippen molar-refractivity contribution in [1.29, 1.82) is 0 Å². The summed E-state index contributed by atoms with van der Waals surface area (Å²) in [5.74, 6) is 2.26. The van der Waals surface area contributed by atoms with E-state index < -0.39 is 0 Å². The Labute approximate surface area is 183 Å². The van der Waals surface area contributed by atoms with Crippen LogP contribution in [0, 0.1) is 6.92 Å². The van der Waals surface area contributed by atoms with Crippen molar-refractivity contribution >= 4 is 11.6 Å². The Balaban J connectivity index is 0.00000289. The van der Waals surface area contributed by atoms with Crippen molar-refractivity contribution in [2.24, 2.45) is 0 Å². The van der Waals surface area contributed by atoms with Gasteiger partial charge in [-0.05, 0) is 49.4 Å². The zero-order valence-electron chi connectivity index (χ0n) is 18.0. The molecule has 1 unspecified atom stereocenters. The highest BCUT2D eigenvalue weighted by molar-refractivity contribution is 6.08. The molecule has 1 aromatic carbocycles. The van der Waals surface area contributed by atoms with Crippen LogP contribution in [0.2, 0.25) is 0 Å². The number of nitrogens with one attached hydrogen (secondary N) is 1. The van der Waals surface area contributed by atoms with E-state index in [4.69, 9.17) is 9.47 Å². The fraction of sp³-hybridized carbons (Fsp3) is 0.292. The van der Waals surface area contributed by atoms with E-state index in [1.807, 2.05) is 37.3 Å². The summed E-state index contributed by atoms with van der Waals surface area (Å²) in [6.45, 7) is 4.10. The van der Waals surface area contributed by atoms with E-state index >= 15 is 0 Å². The van der Waals surface area contributed by atoms with Gasteiger partial charge in [0.25, 0.3) is 0 Å². The summed E-state index contributed by atoms with van der Waals surface area (Å²) in [6.07, 6.45) is 1.68. The molecule has 7 heteroatoms. The largest absolute Gasteiger partial charge is 0.497 e. The third-order valence-corrected chi connectivity index (χ3v) is 5.53. The van der Waals surface area contributed by atoms with E-state index in [0.717, 1.165) is 36.0 Å². The Bertz CT molecular complexity index is 1090. The molecular formula is C24H28N4O3. The first kappa shape index (κ1) is 20.8. The van der Waals surface area contributed by atoms with E-state index in [1.165, 1.54) is 0 Å². The lowest BCUT2D eigenvalue weighted by atomic mass is 10.0. The standard InChI is InChI=1S/C24H26N4O3.H2/c1-16-18(6-5-11-25-16)24(29)20-7-4-8-23(27-20)28-13-12-26-21(15-28)19-14-17(30-2)9-10-22(19)31-3;/h4-11,14,21,26H,12-13,15H2,1-3H3;1H. The summed E-state index contributed by atoms with van der Waals surface area (Å²) in [6, 6.07) is 15.0. The molecule has 7 nitrogen and oxygen atoms in total. The smallest absolute Gasteiger partial charge is 0.213 e. The normalized spacial score (nSPS) is 16.1. The number of carbonyl (C=O) groups excluding carboxylic acids is 1. The quantitative estimate of drug-likeness (QED) is 0.612. The van der Waals surface area contributed by atoms with Gasteiger partial charge in [0.1, 0.15) is 23.0 Å². The minimum absolute atomic E-state index is 0. The van der Waals surface area contributed by atoms with Gasteiger partial charge in [0, 0.05) is 44.1 Å². The summed E-state index contributed by atoms with van der Waals surface area (Å²) in [7, 11) is 3.32. The SMILES string of the molecule is COc1ccc(OC)c(C2CN(c3cccc(C(=O)c4cccnc4C)n3)CCN2)c1.[HH]. The van der Waals surface area contributed by atoms with Gasteiger partial charge in [-0.25, -0.2) is 4.98 Å². The third kappa shape index (κ3) is 4.36. The van der Waals surface area contributed by atoms with Gasteiger partial charge in [0.15, 0.2) is 0 Å². The number of carbonyl (C=O) groups is 1. The summed E-state index contributed by atoms with van der Waals surface area (Å²) in [5.41, 5.74) is 2.73. The molecule has 0 aliphatic carbocycles. The topological polar surface area (TPSA) is 76.6 Å². The molecule has 0 bridgehead atoms. The van der Waals surface area contributed by atoms with E-state index in [2.05, 4.69) is 20.2 Å². The number of ketones is 1. The molecular weight excluding hydrogens is 392 g/mol. The molecule has 1 atom stereocenters. The van der Waals surface area contributed by atoms with E-state index in [-0.39, 0.29) is 13.3 Å². The minimum Gasteiger partial charge on any atom is -0.497 e. The molecule has 2 aromatic heterocycles. The van der Waals surface area contributed by atoms with E-state index in [0.29, 0.717) is 23.5 Å². The van der Waals surface area contributed by atoms with Gasteiger partial charge >= 0.3 is 0 Å². The number of rotatable bonds is 6. The number of methoxy groups -OCH3 is 2. The second kappa shape index (κ2) is 9.14. The zero-order valence-corrected chi connectivity index (χ0v) is 18.0. The Morgan fingerprint density at radius 3 is 2.81 bits per heavy atom. The van der Waals surface area contributed by atoms with Crippen LogP contribution >= 0.6 is 0 Å². The lowest BCUT2D eigenvalue weighted by Gasteiger charge is -2.35. The van der Waals surface area contributed by atoms with Gasteiger partial charge in [-0.3, -0.25) is 9.78 Å². The molecule has 31 heavy (non-hydrogen) atoms. The van der Waals surface area contributed by atoms with Crippen molar-refractivity contribution in [1.82, 2.24) is 15.3 Å². The van der Waals surface area contributed by atoms with Gasteiger partial charge < -0.3 is 19.7 Å². The van der Waals surface area contributed by atoms with Gasteiger partial charge in [-0.1, -0.05) is 6.07 Å². The molecule has 0 saturated carbocycles. The molecule has 0 radical (unpaired) electrons.